The molecule has 0 radical (unpaired) electrons. The zero-order chi connectivity index (χ0) is 25.2. The van der Waals surface area contributed by atoms with Crippen molar-refractivity contribution in [3.05, 3.63) is 24.0 Å². The fraction of sp³-hybridized carbons (Fsp3) is 0.609. The minimum Gasteiger partial charge on any atom is -0.442 e. The minimum atomic E-state index is -1.16. The van der Waals surface area contributed by atoms with Gasteiger partial charge in [0.05, 0.1) is 5.92 Å². The zero-order valence-corrected chi connectivity index (χ0v) is 21.7. The second-order valence-corrected chi connectivity index (χ2v) is 11.9. The van der Waals surface area contributed by atoms with E-state index < -0.39 is 47.8 Å². The van der Waals surface area contributed by atoms with Gasteiger partial charge in [0.25, 0.3) is 5.91 Å². The van der Waals surface area contributed by atoms with Crippen molar-refractivity contribution in [1.29, 1.82) is 0 Å². The zero-order valence-electron chi connectivity index (χ0n) is 20.0. The molecule has 34 heavy (non-hydrogen) atoms. The van der Waals surface area contributed by atoms with Gasteiger partial charge in [-0.15, -0.1) is 0 Å². The van der Waals surface area contributed by atoms with Crippen LogP contribution in [0.2, 0.25) is 0 Å². The van der Waals surface area contributed by atoms with E-state index in [0.717, 1.165) is 0 Å². The summed E-state index contributed by atoms with van der Waals surface area (Å²) >= 11 is 0. The Balaban J connectivity index is 2.11. The smallest absolute Gasteiger partial charge is 0.364 e. The molecule has 0 saturated carbocycles. The van der Waals surface area contributed by atoms with E-state index in [1.165, 1.54) is 33.7 Å². The summed E-state index contributed by atoms with van der Waals surface area (Å²) in [5.41, 5.74) is -0.00606. The molecule has 0 aromatic carbocycles. The van der Waals surface area contributed by atoms with Crippen molar-refractivity contribution in [2.75, 3.05) is 11.6 Å². The van der Waals surface area contributed by atoms with Crippen LogP contribution in [0.5, 0.6) is 0 Å². The maximum absolute atomic E-state index is 13.7. The van der Waals surface area contributed by atoms with E-state index in [9.17, 15) is 24.0 Å². The van der Waals surface area contributed by atoms with Gasteiger partial charge in [-0.05, 0) is 23.6 Å². The van der Waals surface area contributed by atoms with E-state index in [1.54, 1.807) is 27.0 Å². The Kier molecular flexibility index (Phi) is 8.30. The van der Waals surface area contributed by atoms with Crippen LogP contribution in [0.25, 0.3) is 0 Å². The first kappa shape index (κ1) is 26.5. The quantitative estimate of drug-likeness (QED) is 0.250. The highest BCUT2D eigenvalue weighted by atomic mass is 33.1. The summed E-state index contributed by atoms with van der Waals surface area (Å²) in [5, 5.41) is 5.26. The molecule has 11 heteroatoms. The first-order valence-electron chi connectivity index (χ1n) is 11.4. The number of quaternary nitrogens is 1. The average Bonchev–Trinajstić information content (AvgIpc) is 3.09. The van der Waals surface area contributed by atoms with E-state index in [1.807, 2.05) is 13.8 Å². The summed E-state index contributed by atoms with van der Waals surface area (Å²) in [4.78, 5) is 66.3. The van der Waals surface area contributed by atoms with Crippen LogP contribution in [0.1, 0.15) is 41.0 Å². The molecule has 9 nitrogen and oxygen atoms in total. The van der Waals surface area contributed by atoms with Crippen molar-refractivity contribution in [1.82, 2.24) is 10.6 Å². The number of ether oxygens (including phenoxy) is 1. The molecule has 0 aromatic heterocycles. The van der Waals surface area contributed by atoms with Gasteiger partial charge < -0.3 is 15.4 Å². The molecule has 1 spiro atoms. The standard InChI is InChI=1S/C23H31N3O6S2/c1-6-15-21(29)25-18(12(2)3)23(31)32-17-7-8-26(22(17)30)11-34-33-10-14(20(28)24-15)9-16(27)19(26)13(4)5/h6-8,12-14,17-19H,9-11H2,1-5H3,(H-,24,25,28,29)/p+1/b15-6+/t14?,17-,18?,19+,26?/m1/s1. The Bertz CT molecular complexity index is 947. The van der Waals surface area contributed by atoms with Crippen molar-refractivity contribution in [3.63, 3.8) is 0 Å². The molecule has 5 atom stereocenters. The van der Waals surface area contributed by atoms with Gasteiger partial charge in [-0.2, -0.15) is 0 Å². The van der Waals surface area contributed by atoms with Crippen LogP contribution in [0.15, 0.2) is 24.0 Å². The first-order valence-corrected chi connectivity index (χ1v) is 13.9. The Labute approximate surface area is 207 Å². The molecule has 186 valence electrons. The maximum atomic E-state index is 13.7. The number of amides is 3. The average molecular weight is 511 g/mol. The number of hydrogen-bond donors (Lipinski definition) is 2. The van der Waals surface area contributed by atoms with Crippen molar-refractivity contribution in [2.45, 2.75) is 59.2 Å². The monoisotopic (exact) mass is 510 g/mol. The summed E-state index contributed by atoms with van der Waals surface area (Å²) in [6, 6.07) is -1.75. The number of fused-ring (bicyclic) bond motifs is 4. The van der Waals surface area contributed by atoms with Gasteiger partial charge in [0, 0.05) is 24.2 Å². The van der Waals surface area contributed by atoms with E-state index in [0.29, 0.717) is 5.75 Å². The molecule has 3 heterocycles. The van der Waals surface area contributed by atoms with Crippen LogP contribution < -0.4 is 10.6 Å². The second-order valence-electron chi connectivity index (χ2n) is 9.44. The van der Waals surface area contributed by atoms with E-state index in [4.69, 9.17) is 4.74 Å². The fourth-order valence-corrected chi connectivity index (χ4v) is 7.23. The van der Waals surface area contributed by atoms with Gasteiger partial charge >= 0.3 is 11.9 Å². The number of carbonyl (C=O) groups excluding carboxylic acids is 5. The van der Waals surface area contributed by atoms with Gasteiger partial charge in [-0.1, -0.05) is 44.6 Å². The third-order valence-corrected chi connectivity index (χ3v) is 8.78. The molecule has 3 unspecified atom stereocenters. The van der Waals surface area contributed by atoms with Gasteiger partial charge in [-0.25, -0.2) is 14.1 Å². The molecular weight excluding hydrogens is 478 g/mol. The van der Waals surface area contributed by atoms with Crippen LogP contribution in [0, 0.1) is 17.8 Å². The van der Waals surface area contributed by atoms with Crippen LogP contribution in [0.3, 0.4) is 0 Å². The first-order chi connectivity index (χ1) is 16.0. The lowest BCUT2D eigenvalue weighted by Gasteiger charge is -2.38. The normalized spacial score (nSPS) is 34.4. The number of esters is 1. The highest BCUT2D eigenvalue weighted by Gasteiger charge is 2.56. The summed E-state index contributed by atoms with van der Waals surface area (Å²) in [5.74, 6) is -2.99. The summed E-state index contributed by atoms with van der Waals surface area (Å²) < 4.78 is 5.32. The van der Waals surface area contributed by atoms with Crippen molar-refractivity contribution < 1.29 is 33.2 Å². The minimum absolute atomic E-state index is 0.00606. The topological polar surface area (TPSA) is 119 Å². The molecule has 0 aliphatic carbocycles. The molecule has 3 amide bonds. The van der Waals surface area contributed by atoms with Gasteiger partial charge in [0.15, 0.2) is 11.8 Å². The Morgan fingerprint density at radius 3 is 2.41 bits per heavy atom. The van der Waals surface area contributed by atoms with Crippen molar-refractivity contribution in [2.24, 2.45) is 17.8 Å². The van der Waals surface area contributed by atoms with Gasteiger partial charge in [0.2, 0.25) is 12.0 Å². The summed E-state index contributed by atoms with van der Waals surface area (Å²) in [6.45, 7) is 8.84. The molecule has 3 bridgehead atoms. The van der Waals surface area contributed by atoms with Crippen molar-refractivity contribution >= 4 is 51.1 Å². The Hall–Kier alpha value is -2.11. The lowest BCUT2D eigenvalue weighted by molar-refractivity contribution is -0.807. The highest BCUT2D eigenvalue weighted by molar-refractivity contribution is 8.76. The largest absolute Gasteiger partial charge is 0.442 e. The lowest BCUT2D eigenvalue weighted by Crippen LogP contribution is -2.61. The third kappa shape index (κ3) is 5.11. The van der Waals surface area contributed by atoms with Gasteiger partial charge in [-0.3, -0.25) is 14.4 Å². The van der Waals surface area contributed by atoms with E-state index in [2.05, 4.69) is 10.6 Å². The predicted octanol–water partition coefficient (Wildman–Crippen LogP) is 1.90. The van der Waals surface area contributed by atoms with Crippen LogP contribution in [-0.4, -0.2) is 63.8 Å². The molecule has 3 aliphatic rings. The number of allylic oxidation sites excluding steroid dienone is 1. The molecule has 2 saturated heterocycles. The van der Waals surface area contributed by atoms with E-state index in [-0.39, 0.29) is 40.1 Å². The molecule has 3 aliphatic heterocycles. The predicted molar refractivity (Wildman–Crippen MR) is 130 cm³/mol. The number of nitrogens with one attached hydrogen (secondary N) is 2. The third-order valence-electron chi connectivity index (χ3n) is 6.32. The lowest BCUT2D eigenvalue weighted by atomic mass is 9.90. The van der Waals surface area contributed by atoms with E-state index >= 15 is 0 Å². The summed E-state index contributed by atoms with van der Waals surface area (Å²) in [7, 11) is 2.82. The second kappa shape index (κ2) is 10.7. The van der Waals surface area contributed by atoms with Crippen LogP contribution in [-0.2, 0) is 28.7 Å². The number of nitrogens with zero attached hydrogens (tertiary/aromatic N) is 1. The molecule has 0 aromatic rings. The molecular formula is C23H32N3O6S2+. The molecule has 2 N–H and O–H groups in total. The number of rotatable bonds is 2. The van der Waals surface area contributed by atoms with Crippen LogP contribution >= 0.6 is 21.6 Å². The van der Waals surface area contributed by atoms with Gasteiger partial charge in [0.1, 0.15) is 23.8 Å². The fourth-order valence-electron chi connectivity index (χ4n) is 4.55. The number of ketones is 1. The molecule has 3 rings (SSSR count). The Morgan fingerprint density at radius 1 is 1.09 bits per heavy atom. The number of Topliss-reactive ketones (excluding diaryl/α,β-unsaturated/α-hetero) is 1. The Morgan fingerprint density at radius 2 is 1.79 bits per heavy atom. The maximum Gasteiger partial charge on any atom is 0.364 e. The van der Waals surface area contributed by atoms with Crippen LogP contribution in [0.4, 0.5) is 0 Å². The molecule has 2 fully saturated rings. The summed E-state index contributed by atoms with van der Waals surface area (Å²) in [6.07, 6.45) is 3.42. The number of carbonyl (C=O) groups is 5. The SMILES string of the molecule is C/C=C1/NC(=O)C2CSSC[N+]3(C=C[C@@H](OC(=O)C(C(C)C)NC1=O)C3=O)[C@@H](C(C)C)C(=O)C2. The van der Waals surface area contributed by atoms with Crippen molar-refractivity contribution in [3.8, 4) is 0 Å². The number of hydrogen-bond acceptors (Lipinski definition) is 8. The highest BCUT2D eigenvalue weighted by Crippen LogP contribution is 2.39.